The lowest BCUT2D eigenvalue weighted by atomic mass is 10.3. The number of sulfonamides is 1. The summed E-state index contributed by atoms with van der Waals surface area (Å²) in [7, 11) is -3.75. The van der Waals surface area contributed by atoms with Crippen molar-refractivity contribution in [1.29, 1.82) is 5.26 Å². The van der Waals surface area contributed by atoms with E-state index in [1.807, 2.05) is 4.72 Å². The van der Waals surface area contributed by atoms with E-state index in [0.29, 0.717) is 0 Å². The molecule has 0 spiro atoms. The van der Waals surface area contributed by atoms with Crippen LogP contribution in [0.25, 0.3) is 0 Å². The van der Waals surface area contributed by atoms with E-state index >= 15 is 0 Å². The van der Waals surface area contributed by atoms with Crippen molar-refractivity contribution in [3.8, 4) is 11.8 Å². The van der Waals surface area contributed by atoms with Crippen LogP contribution < -0.4 is 4.72 Å². The average molecular weight is 247 g/mol. The Labute approximate surface area is 92.0 Å². The van der Waals surface area contributed by atoms with Crippen LogP contribution in [0.1, 0.15) is 0 Å². The van der Waals surface area contributed by atoms with Gasteiger partial charge in [-0.25, -0.2) is 8.42 Å². The highest BCUT2D eigenvalue weighted by molar-refractivity contribution is 7.92. The van der Waals surface area contributed by atoms with Gasteiger partial charge in [0, 0.05) is 5.02 Å². The molecular formula is C8H7ClN2O3S. The van der Waals surface area contributed by atoms with Crippen LogP contribution >= 0.6 is 11.6 Å². The lowest BCUT2D eigenvalue weighted by Crippen LogP contribution is -2.15. The zero-order valence-electron chi connectivity index (χ0n) is 7.44. The average Bonchev–Trinajstić information content (AvgIpc) is 2.10. The Hall–Kier alpha value is -1.45. The summed E-state index contributed by atoms with van der Waals surface area (Å²) in [5.74, 6) is -0.931. The van der Waals surface area contributed by atoms with Gasteiger partial charge in [0.25, 0.3) is 0 Å². The quantitative estimate of drug-likeness (QED) is 0.787. The standard InChI is InChI=1S/C8H7ClN2O3S/c9-6-1-2-8(12)7(5-6)11-15(13,14)4-3-10/h1-2,5,11-12H,4H2. The number of nitrogens with one attached hydrogen (secondary N) is 1. The Kier molecular flexibility index (Phi) is 3.39. The third-order valence-corrected chi connectivity index (χ3v) is 2.75. The van der Waals surface area contributed by atoms with Gasteiger partial charge >= 0.3 is 0 Å². The van der Waals surface area contributed by atoms with Crippen LogP contribution in [-0.4, -0.2) is 19.3 Å². The number of rotatable bonds is 3. The molecule has 7 heteroatoms. The molecule has 0 fully saturated rings. The van der Waals surface area contributed by atoms with Crippen LogP contribution in [0.4, 0.5) is 5.69 Å². The Balaban J connectivity index is 3.00. The van der Waals surface area contributed by atoms with Crippen molar-refractivity contribution < 1.29 is 13.5 Å². The smallest absolute Gasteiger partial charge is 0.246 e. The number of phenols is 1. The predicted octanol–water partition coefficient (Wildman–Crippen LogP) is 1.31. The summed E-state index contributed by atoms with van der Waals surface area (Å²) in [6.45, 7) is 0. The first-order valence-electron chi connectivity index (χ1n) is 3.80. The number of aromatic hydroxyl groups is 1. The summed E-state index contributed by atoms with van der Waals surface area (Å²) in [5.41, 5.74) is -0.0437. The molecule has 0 heterocycles. The molecule has 1 aromatic rings. The first-order valence-corrected chi connectivity index (χ1v) is 5.83. The number of phenolic OH excluding ortho intramolecular Hbond substituents is 1. The number of hydrogen-bond donors (Lipinski definition) is 2. The Bertz CT molecular complexity index is 507. The van der Waals surface area contributed by atoms with E-state index in [2.05, 4.69) is 0 Å². The van der Waals surface area contributed by atoms with E-state index in [1.165, 1.54) is 24.3 Å². The maximum absolute atomic E-state index is 11.2. The second-order valence-corrected chi connectivity index (χ2v) is 4.84. The Morgan fingerprint density at radius 3 is 2.80 bits per heavy atom. The zero-order valence-corrected chi connectivity index (χ0v) is 9.01. The van der Waals surface area contributed by atoms with Crippen LogP contribution in [0.2, 0.25) is 5.02 Å². The molecule has 0 saturated heterocycles. The molecule has 1 aromatic carbocycles. The molecule has 1 rings (SSSR count). The van der Waals surface area contributed by atoms with Crippen molar-refractivity contribution in [3.05, 3.63) is 23.2 Å². The van der Waals surface area contributed by atoms with Gasteiger partial charge in [0.05, 0.1) is 11.8 Å². The van der Waals surface area contributed by atoms with Gasteiger partial charge in [-0.05, 0) is 18.2 Å². The highest BCUT2D eigenvalue weighted by atomic mass is 35.5. The largest absolute Gasteiger partial charge is 0.506 e. The summed E-state index contributed by atoms with van der Waals surface area (Å²) >= 11 is 5.61. The van der Waals surface area contributed by atoms with Crippen molar-refractivity contribution in [1.82, 2.24) is 0 Å². The van der Waals surface area contributed by atoms with Crippen molar-refractivity contribution in [2.24, 2.45) is 0 Å². The second-order valence-electron chi connectivity index (χ2n) is 2.68. The molecule has 5 nitrogen and oxygen atoms in total. The van der Waals surface area contributed by atoms with Gasteiger partial charge in [-0.2, -0.15) is 5.26 Å². The van der Waals surface area contributed by atoms with Crippen LogP contribution in [0.15, 0.2) is 18.2 Å². The molecule has 0 atom stereocenters. The van der Waals surface area contributed by atoms with Crippen LogP contribution in [0, 0.1) is 11.3 Å². The van der Waals surface area contributed by atoms with E-state index in [9.17, 15) is 13.5 Å². The van der Waals surface area contributed by atoms with Crippen molar-refractivity contribution in [2.45, 2.75) is 0 Å². The molecule has 0 radical (unpaired) electrons. The number of nitrogens with zero attached hydrogens (tertiary/aromatic N) is 1. The summed E-state index contributed by atoms with van der Waals surface area (Å²) in [4.78, 5) is 0. The maximum atomic E-state index is 11.2. The highest BCUT2D eigenvalue weighted by Gasteiger charge is 2.12. The topological polar surface area (TPSA) is 90.2 Å². The molecule has 80 valence electrons. The minimum atomic E-state index is -3.75. The summed E-state index contributed by atoms with van der Waals surface area (Å²) in [6.07, 6.45) is 0. The first kappa shape index (κ1) is 11.6. The SMILES string of the molecule is N#CCS(=O)(=O)Nc1cc(Cl)ccc1O. The maximum Gasteiger partial charge on any atom is 0.246 e. The zero-order chi connectivity index (χ0) is 11.5. The Morgan fingerprint density at radius 2 is 2.20 bits per heavy atom. The fourth-order valence-electron chi connectivity index (χ4n) is 0.879. The van der Waals surface area contributed by atoms with Gasteiger partial charge in [0.15, 0.2) is 5.75 Å². The molecule has 0 saturated carbocycles. The third-order valence-electron chi connectivity index (χ3n) is 1.48. The highest BCUT2D eigenvalue weighted by Crippen LogP contribution is 2.27. The molecule has 0 bridgehead atoms. The molecule has 0 unspecified atom stereocenters. The number of nitriles is 1. The Morgan fingerprint density at radius 1 is 1.53 bits per heavy atom. The minimum Gasteiger partial charge on any atom is -0.506 e. The van der Waals surface area contributed by atoms with Crippen LogP contribution in [0.3, 0.4) is 0 Å². The summed E-state index contributed by atoms with van der Waals surface area (Å²) in [5, 5.41) is 17.8. The van der Waals surface area contributed by atoms with Crippen LogP contribution in [-0.2, 0) is 10.0 Å². The van der Waals surface area contributed by atoms with Gasteiger partial charge in [0.2, 0.25) is 10.0 Å². The number of anilines is 1. The number of halogens is 1. The van der Waals surface area contributed by atoms with Crippen LogP contribution in [0.5, 0.6) is 5.75 Å². The lowest BCUT2D eigenvalue weighted by Gasteiger charge is -2.07. The fourth-order valence-corrected chi connectivity index (χ4v) is 1.79. The molecule has 15 heavy (non-hydrogen) atoms. The summed E-state index contributed by atoms with van der Waals surface area (Å²) < 4.78 is 24.4. The van der Waals surface area contributed by atoms with Gasteiger partial charge in [-0.1, -0.05) is 11.6 Å². The minimum absolute atomic E-state index is 0.0437. The second kappa shape index (κ2) is 4.38. The summed E-state index contributed by atoms with van der Waals surface area (Å²) in [6, 6.07) is 5.43. The predicted molar refractivity (Wildman–Crippen MR) is 56.1 cm³/mol. The van der Waals surface area contributed by atoms with E-state index < -0.39 is 15.8 Å². The third kappa shape index (κ3) is 3.31. The molecule has 0 amide bonds. The molecule has 0 aromatic heterocycles. The van der Waals surface area contributed by atoms with Crippen molar-refractivity contribution in [2.75, 3.05) is 10.5 Å². The molecule has 0 aliphatic rings. The fraction of sp³-hybridized carbons (Fsp3) is 0.125. The molecular weight excluding hydrogens is 240 g/mol. The number of hydrogen-bond acceptors (Lipinski definition) is 4. The van der Waals surface area contributed by atoms with E-state index in [4.69, 9.17) is 16.9 Å². The van der Waals surface area contributed by atoms with Crippen molar-refractivity contribution >= 4 is 27.3 Å². The van der Waals surface area contributed by atoms with E-state index in [0.717, 1.165) is 0 Å². The molecule has 0 aliphatic carbocycles. The normalized spacial score (nSPS) is 10.7. The van der Waals surface area contributed by atoms with Gasteiger partial charge < -0.3 is 5.11 Å². The monoisotopic (exact) mass is 246 g/mol. The molecule has 0 aliphatic heterocycles. The van der Waals surface area contributed by atoms with E-state index in [1.54, 1.807) is 0 Å². The lowest BCUT2D eigenvalue weighted by molar-refractivity contribution is 0.477. The van der Waals surface area contributed by atoms with Gasteiger partial charge in [-0.3, -0.25) is 4.72 Å². The molecule has 2 N–H and O–H groups in total. The number of benzene rings is 1. The van der Waals surface area contributed by atoms with Crippen molar-refractivity contribution in [3.63, 3.8) is 0 Å². The van der Waals surface area contributed by atoms with Gasteiger partial charge in [-0.15, -0.1) is 0 Å². The van der Waals surface area contributed by atoms with Gasteiger partial charge in [0.1, 0.15) is 5.75 Å². The first-order chi connectivity index (χ1) is 6.94. The van der Waals surface area contributed by atoms with E-state index in [-0.39, 0.29) is 16.5 Å².